The van der Waals surface area contributed by atoms with E-state index in [0.29, 0.717) is 17.3 Å². The van der Waals surface area contributed by atoms with Crippen molar-refractivity contribution < 1.29 is 9.21 Å². The molecule has 5 nitrogen and oxygen atoms in total. The van der Waals surface area contributed by atoms with Crippen LogP contribution in [0.4, 0.5) is 0 Å². The highest BCUT2D eigenvalue weighted by Gasteiger charge is 2.30. The van der Waals surface area contributed by atoms with Crippen molar-refractivity contribution in [2.24, 2.45) is 10.2 Å². The van der Waals surface area contributed by atoms with Gasteiger partial charge in [0.1, 0.15) is 5.76 Å². The van der Waals surface area contributed by atoms with Gasteiger partial charge in [0.25, 0.3) is 0 Å². The molecule has 6 heteroatoms. The predicted molar refractivity (Wildman–Crippen MR) is 88.1 cm³/mol. The minimum atomic E-state index is -0.166. The molecule has 1 aromatic heterocycles. The number of hydrogen-bond acceptors (Lipinski definition) is 5. The highest BCUT2D eigenvalue weighted by Crippen LogP contribution is 2.23. The number of rotatable bonds is 4. The number of hydrogen-bond donors (Lipinski definition) is 1. The molecule has 22 heavy (non-hydrogen) atoms. The Morgan fingerprint density at radius 2 is 2.14 bits per heavy atom. The summed E-state index contributed by atoms with van der Waals surface area (Å²) in [6.45, 7) is 2.04. The van der Waals surface area contributed by atoms with Gasteiger partial charge in [0, 0.05) is 0 Å². The number of carbonyl (C=O) groups excluding carboxylic acids is 1. The van der Waals surface area contributed by atoms with E-state index in [4.69, 9.17) is 4.42 Å². The summed E-state index contributed by atoms with van der Waals surface area (Å²) in [5, 5.41) is 11.0. The van der Waals surface area contributed by atoms with Crippen LogP contribution in [0.1, 0.15) is 16.9 Å². The molecule has 1 fully saturated rings. The fourth-order valence-electron chi connectivity index (χ4n) is 2.03. The van der Waals surface area contributed by atoms with E-state index in [1.54, 1.807) is 18.4 Å². The van der Waals surface area contributed by atoms with Gasteiger partial charge in [0.2, 0.25) is 5.91 Å². The predicted octanol–water partition coefficient (Wildman–Crippen LogP) is 2.75. The summed E-state index contributed by atoms with van der Waals surface area (Å²) in [6, 6.07) is 11.8. The van der Waals surface area contributed by atoms with Crippen LogP contribution < -0.4 is 5.32 Å². The van der Waals surface area contributed by atoms with Gasteiger partial charge in [0.05, 0.1) is 17.7 Å². The van der Waals surface area contributed by atoms with Crippen LogP contribution in [0, 0.1) is 6.92 Å². The number of thioether (sulfide) groups is 1. The molecule has 0 bridgehead atoms. The van der Waals surface area contributed by atoms with E-state index in [1.165, 1.54) is 23.5 Å². The first-order valence-corrected chi connectivity index (χ1v) is 7.76. The van der Waals surface area contributed by atoms with Gasteiger partial charge in [-0.25, -0.2) is 0 Å². The number of carbonyl (C=O) groups is 1. The van der Waals surface area contributed by atoms with Crippen LogP contribution in [0.3, 0.4) is 0 Å². The van der Waals surface area contributed by atoms with E-state index >= 15 is 0 Å². The second-order valence-electron chi connectivity index (χ2n) is 4.95. The molecule has 0 spiro atoms. The minimum absolute atomic E-state index is 0.0301. The average Bonchev–Trinajstić information content (AvgIpc) is 3.12. The molecule has 1 aliphatic heterocycles. The zero-order valence-corrected chi connectivity index (χ0v) is 12.8. The lowest BCUT2D eigenvalue weighted by atomic mass is 10.1. The van der Waals surface area contributed by atoms with Gasteiger partial charge in [-0.1, -0.05) is 41.6 Å². The molecular formula is C16H15N3O2S. The molecule has 1 saturated heterocycles. The Kier molecular flexibility index (Phi) is 4.39. The maximum Gasteiger partial charge on any atom is 0.239 e. The first-order valence-electron chi connectivity index (χ1n) is 6.88. The summed E-state index contributed by atoms with van der Waals surface area (Å²) in [5.74, 6) is 0.590. The molecule has 112 valence electrons. The largest absolute Gasteiger partial charge is 0.463 e. The summed E-state index contributed by atoms with van der Waals surface area (Å²) in [5.41, 5.74) is 2.35. The zero-order chi connectivity index (χ0) is 15.4. The second-order valence-corrected chi connectivity index (χ2v) is 6.14. The van der Waals surface area contributed by atoms with Gasteiger partial charge in [-0.3, -0.25) is 4.79 Å². The molecule has 3 rings (SSSR count). The topological polar surface area (TPSA) is 67.0 Å². The Balaban J connectivity index is 1.61. The van der Waals surface area contributed by atoms with Crippen molar-refractivity contribution in [3.63, 3.8) is 0 Å². The Morgan fingerprint density at radius 1 is 1.32 bits per heavy atom. The summed E-state index contributed by atoms with van der Waals surface area (Å²) < 4.78 is 5.12. The lowest BCUT2D eigenvalue weighted by Gasteiger charge is -2.05. The first-order chi connectivity index (χ1) is 10.7. The van der Waals surface area contributed by atoms with Gasteiger partial charge in [0.15, 0.2) is 5.17 Å². The monoisotopic (exact) mass is 313 g/mol. The van der Waals surface area contributed by atoms with Crippen molar-refractivity contribution in [2.75, 3.05) is 0 Å². The smallest absolute Gasteiger partial charge is 0.239 e. The van der Waals surface area contributed by atoms with Crippen LogP contribution in [-0.2, 0) is 11.2 Å². The van der Waals surface area contributed by atoms with Crippen molar-refractivity contribution >= 4 is 29.1 Å². The van der Waals surface area contributed by atoms with Crippen LogP contribution in [0.2, 0.25) is 0 Å². The molecule has 1 amide bonds. The van der Waals surface area contributed by atoms with Gasteiger partial charge in [-0.15, -0.1) is 5.10 Å². The SMILES string of the molecule is Cc1ccc(C[C@@H]2S/C(=N/N=C\c3ccco3)NC2=O)cc1. The molecule has 0 saturated carbocycles. The van der Waals surface area contributed by atoms with Gasteiger partial charge in [-0.2, -0.15) is 5.10 Å². The third-order valence-corrected chi connectivity index (χ3v) is 4.27. The molecule has 1 aliphatic rings. The summed E-state index contributed by atoms with van der Waals surface area (Å²) in [6.07, 6.45) is 3.75. The molecule has 1 N–H and O–H groups in total. The maximum absolute atomic E-state index is 12.0. The van der Waals surface area contributed by atoms with E-state index in [9.17, 15) is 4.79 Å². The molecular weight excluding hydrogens is 298 g/mol. The molecule has 0 aliphatic carbocycles. The maximum atomic E-state index is 12.0. The fourth-order valence-corrected chi connectivity index (χ4v) is 2.99. The van der Waals surface area contributed by atoms with E-state index in [0.717, 1.165) is 5.56 Å². The van der Waals surface area contributed by atoms with Crippen molar-refractivity contribution in [3.8, 4) is 0 Å². The van der Waals surface area contributed by atoms with Crippen LogP contribution in [0.5, 0.6) is 0 Å². The molecule has 0 radical (unpaired) electrons. The Morgan fingerprint density at radius 3 is 2.86 bits per heavy atom. The van der Waals surface area contributed by atoms with Crippen LogP contribution in [0.25, 0.3) is 0 Å². The summed E-state index contributed by atoms with van der Waals surface area (Å²) >= 11 is 1.40. The quantitative estimate of drug-likeness (QED) is 0.697. The number of amidine groups is 1. The number of amides is 1. The second kappa shape index (κ2) is 6.62. The van der Waals surface area contributed by atoms with E-state index < -0.39 is 0 Å². The van der Waals surface area contributed by atoms with Crippen molar-refractivity contribution in [2.45, 2.75) is 18.6 Å². The lowest BCUT2D eigenvalue weighted by Crippen LogP contribution is -2.25. The third kappa shape index (κ3) is 3.65. The van der Waals surface area contributed by atoms with Crippen LogP contribution in [-0.4, -0.2) is 22.5 Å². The van der Waals surface area contributed by atoms with Gasteiger partial charge >= 0.3 is 0 Å². The summed E-state index contributed by atoms with van der Waals surface area (Å²) in [7, 11) is 0. The van der Waals surface area contributed by atoms with Crippen molar-refractivity contribution in [1.82, 2.24) is 5.32 Å². The number of nitrogens with one attached hydrogen (secondary N) is 1. The number of furan rings is 1. The molecule has 2 aromatic rings. The number of benzene rings is 1. The number of aryl methyl sites for hydroxylation is 1. The first kappa shape index (κ1) is 14.6. The zero-order valence-electron chi connectivity index (χ0n) is 12.0. The fraction of sp³-hybridized carbons (Fsp3) is 0.188. The molecule has 1 atom stereocenters. The lowest BCUT2D eigenvalue weighted by molar-refractivity contribution is -0.118. The van der Waals surface area contributed by atoms with E-state index in [2.05, 4.69) is 27.7 Å². The Labute approximate surface area is 132 Å². The van der Waals surface area contributed by atoms with Crippen LogP contribution in [0.15, 0.2) is 57.3 Å². The highest BCUT2D eigenvalue weighted by atomic mass is 32.2. The standard InChI is InChI=1S/C16H15N3O2S/c1-11-4-6-12(7-5-11)9-14-15(20)18-16(22-14)19-17-10-13-3-2-8-21-13/h2-8,10,14H,9H2,1H3,(H,18,19,20)/b17-10-/t14-/m0/s1. The molecule has 0 unspecified atom stereocenters. The third-order valence-electron chi connectivity index (χ3n) is 3.19. The molecule has 1 aromatic carbocycles. The Hall–Kier alpha value is -2.34. The minimum Gasteiger partial charge on any atom is -0.463 e. The number of nitrogens with zero attached hydrogens (tertiary/aromatic N) is 2. The highest BCUT2D eigenvalue weighted by molar-refractivity contribution is 8.15. The summed E-state index contributed by atoms with van der Waals surface area (Å²) in [4.78, 5) is 12.0. The van der Waals surface area contributed by atoms with Crippen molar-refractivity contribution in [1.29, 1.82) is 0 Å². The van der Waals surface area contributed by atoms with Crippen molar-refractivity contribution in [3.05, 3.63) is 59.5 Å². The van der Waals surface area contributed by atoms with E-state index in [-0.39, 0.29) is 11.2 Å². The van der Waals surface area contributed by atoms with Crippen LogP contribution >= 0.6 is 11.8 Å². The van der Waals surface area contributed by atoms with Gasteiger partial charge < -0.3 is 9.73 Å². The van der Waals surface area contributed by atoms with E-state index in [1.807, 2.05) is 19.1 Å². The molecule has 2 heterocycles. The average molecular weight is 313 g/mol. The van der Waals surface area contributed by atoms with Gasteiger partial charge in [-0.05, 0) is 31.0 Å². The Bertz CT molecular complexity index is 706. The normalized spacial score (nSPS) is 20.0.